The van der Waals surface area contributed by atoms with Crippen LogP contribution in [0, 0.1) is 23.7 Å². The molecule has 1 unspecified atom stereocenters. The minimum absolute atomic E-state index is 0.000881. The molecule has 3 nitrogen and oxygen atoms in total. The molecule has 5 aliphatic carbocycles. The van der Waals surface area contributed by atoms with Gasteiger partial charge in [0.25, 0.3) is 0 Å². The quantitative estimate of drug-likeness (QED) is 0.853. The van der Waals surface area contributed by atoms with Crippen molar-refractivity contribution >= 4 is 11.7 Å². The SMILES string of the molecule is O=C(NC12CC3CC(CC(C3)C1)C2)C1Cc2ccccc2C1=O. The summed E-state index contributed by atoms with van der Waals surface area (Å²) in [4.78, 5) is 25.4. The lowest BCUT2D eigenvalue weighted by molar-refractivity contribution is -0.129. The third-order valence-electron chi connectivity index (χ3n) is 6.77. The molecule has 1 aromatic carbocycles. The zero-order valence-electron chi connectivity index (χ0n) is 13.4. The molecular formula is C20H23NO2. The maximum absolute atomic E-state index is 12.9. The second kappa shape index (κ2) is 4.68. The predicted molar refractivity (Wildman–Crippen MR) is 87.0 cm³/mol. The molecule has 3 heteroatoms. The van der Waals surface area contributed by atoms with Crippen LogP contribution in [0.25, 0.3) is 0 Å². The van der Waals surface area contributed by atoms with Gasteiger partial charge in [0, 0.05) is 11.1 Å². The first-order valence-electron chi connectivity index (χ1n) is 9.06. The Morgan fingerprint density at radius 3 is 2.22 bits per heavy atom. The third kappa shape index (κ3) is 2.09. The molecule has 1 N–H and O–H groups in total. The van der Waals surface area contributed by atoms with Crippen LogP contribution in [0.2, 0.25) is 0 Å². The van der Waals surface area contributed by atoms with Crippen LogP contribution in [0.5, 0.6) is 0 Å². The Kier molecular flexibility index (Phi) is 2.80. The predicted octanol–water partition coefficient (Wildman–Crippen LogP) is 3.13. The van der Waals surface area contributed by atoms with Gasteiger partial charge in [-0.05, 0) is 68.3 Å². The largest absolute Gasteiger partial charge is 0.350 e. The summed E-state index contributed by atoms with van der Waals surface area (Å²) in [5.41, 5.74) is 1.78. The van der Waals surface area contributed by atoms with Crippen LogP contribution in [0.1, 0.15) is 54.4 Å². The number of hydrogen-bond donors (Lipinski definition) is 1. The number of Topliss-reactive ketones (excluding diaryl/α,β-unsaturated/α-hetero) is 1. The fourth-order valence-corrected chi connectivity index (χ4v) is 6.26. The van der Waals surface area contributed by atoms with E-state index in [2.05, 4.69) is 5.32 Å². The zero-order chi connectivity index (χ0) is 15.6. The highest BCUT2D eigenvalue weighted by molar-refractivity contribution is 6.13. The first kappa shape index (κ1) is 13.8. The van der Waals surface area contributed by atoms with Crippen LogP contribution < -0.4 is 5.32 Å². The van der Waals surface area contributed by atoms with Crippen molar-refractivity contribution in [3.05, 3.63) is 35.4 Å². The van der Waals surface area contributed by atoms with Gasteiger partial charge in [0.2, 0.25) is 5.91 Å². The Morgan fingerprint density at radius 1 is 1.00 bits per heavy atom. The van der Waals surface area contributed by atoms with Gasteiger partial charge in [0.15, 0.2) is 5.78 Å². The number of carbonyl (C=O) groups is 2. The Hall–Kier alpha value is -1.64. The molecule has 1 aromatic rings. The Morgan fingerprint density at radius 2 is 1.61 bits per heavy atom. The molecule has 0 spiro atoms. The molecule has 4 saturated carbocycles. The molecule has 1 atom stereocenters. The first-order chi connectivity index (χ1) is 11.1. The van der Waals surface area contributed by atoms with Gasteiger partial charge >= 0.3 is 0 Å². The summed E-state index contributed by atoms with van der Waals surface area (Å²) >= 11 is 0. The van der Waals surface area contributed by atoms with Crippen molar-refractivity contribution in [1.82, 2.24) is 5.32 Å². The van der Waals surface area contributed by atoms with E-state index < -0.39 is 5.92 Å². The highest BCUT2D eigenvalue weighted by Crippen LogP contribution is 2.55. The van der Waals surface area contributed by atoms with Crippen molar-refractivity contribution in [2.75, 3.05) is 0 Å². The average Bonchev–Trinajstić information content (AvgIpc) is 2.83. The molecule has 0 aliphatic heterocycles. The zero-order valence-corrected chi connectivity index (χ0v) is 13.4. The molecule has 0 saturated heterocycles. The van der Waals surface area contributed by atoms with E-state index in [1.807, 2.05) is 24.3 Å². The van der Waals surface area contributed by atoms with Crippen LogP contribution in [-0.2, 0) is 11.2 Å². The molecular weight excluding hydrogens is 286 g/mol. The number of amides is 1. The summed E-state index contributed by atoms with van der Waals surface area (Å²) in [6.07, 6.45) is 8.08. The van der Waals surface area contributed by atoms with E-state index in [4.69, 9.17) is 0 Å². The molecule has 0 radical (unpaired) electrons. The summed E-state index contributed by atoms with van der Waals surface area (Å²) in [6.45, 7) is 0. The molecule has 4 fully saturated rings. The third-order valence-corrected chi connectivity index (χ3v) is 6.77. The minimum atomic E-state index is -0.500. The lowest BCUT2D eigenvalue weighted by Crippen LogP contribution is -2.61. The molecule has 5 aliphatic rings. The second-order valence-electron chi connectivity index (χ2n) is 8.47. The summed E-state index contributed by atoms with van der Waals surface area (Å²) in [6, 6.07) is 7.67. The van der Waals surface area contributed by atoms with Crippen LogP contribution in [-0.4, -0.2) is 17.2 Å². The molecule has 0 heterocycles. The Labute approximate surface area is 136 Å². The topological polar surface area (TPSA) is 46.2 Å². The number of nitrogens with one attached hydrogen (secondary N) is 1. The normalized spacial score (nSPS) is 40.3. The van der Waals surface area contributed by atoms with Gasteiger partial charge in [-0.15, -0.1) is 0 Å². The number of rotatable bonds is 2. The maximum Gasteiger partial charge on any atom is 0.231 e. The molecule has 23 heavy (non-hydrogen) atoms. The second-order valence-corrected chi connectivity index (χ2v) is 8.47. The van der Waals surface area contributed by atoms with Crippen molar-refractivity contribution in [1.29, 1.82) is 0 Å². The Bertz CT molecular complexity index is 657. The van der Waals surface area contributed by atoms with Gasteiger partial charge in [0.05, 0.1) is 0 Å². The molecule has 120 valence electrons. The standard InChI is InChI=1S/C20H23NO2/c22-18-16-4-2-1-3-15(16)8-17(18)19(23)21-20-9-12-5-13(10-20)7-14(6-12)11-20/h1-4,12-14,17H,5-11H2,(H,21,23). The Balaban J connectivity index is 1.36. The van der Waals surface area contributed by atoms with Crippen LogP contribution in [0.3, 0.4) is 0 Å². The molecule has 1 amide bonds. The highest BCUT2D eigenvalue weighted by Gasteiger charge is 2.52. The van der Waals surface area contributed by atoms with Crippen molar-refractivity contribution in [2.45, 2.75) is 50.5 Å². The van der Waals surface area contributed by atoms with Crippen molar-refractivity contribution in [3.8, 4) is 0 Å². The van der Waals surface area contributed by atoms with Crippen molar-refractivity contribution in [2.24, 2.45) is 23.7 Å². The van der Waals surface area contributed by atoms with E-state index in [9.17, 15) is 9.59 Å². The van der Waals surface area contributed by atoms with E-state index in [-0.39, 0.29) is 17.2 Å². The highest BCUT2D eigenvalue weighted by atomic mass is 16.2. The van der Waals surface area contributed by atoms with Crippen LogP contribution in [0.15, 0.2) is 24.3 Å². The van der Waals surface area contributed by atoms with Crippen molar-refractivity contribution < 1.29 is 9.59 Å². The van der Waals surface area contributed by atoms with Gasteiger partial charge in [-0.25, -0.2) is 0 Å². The minimum Gasteiger partial charge on any atom is -0.350 e. The summed E-state index contributed by atoms with van der Waals surface area (Å²) in [7, 11) is 0. The van der Waals surface area contributed by atoms with E-state index in [0.717, 1.165) is 48.1 Å². The van der Waals surface area contributed by atoms with E-state index in [1.165, 1.54) is 19.3 Å². The van der Waals surface area contributed by atoms with Crippen molar-refractivity contribution in [3.63, 3.8) is 0 Å². The molecule has 4 bridgehead atoms. The van der Waals surface area contributed by atoms with E-state index in [0.29, 0.717) is 6.42 Å². The van der Waals surface area contributed by atoms with Gasteiger partial charge < -0.3 is 5.32 Å². The first-order valence-corrected chi connectivity index (χ1v) is 9.06. The van der Waals surface area contributed by atoms with Gasteiger partial charge in [-0.2, -0.15) is 0 Å². The summed E-state index contributed by atoms with van der Waals surface area (Å²) < 4.78 is 0. The number of carbonyl (C=O) groups excluding carboxylic acids is 2. The van der Waals surface area contributed by atoms with Gasteiger partial charge in [0.1, 0.15) is 5.92 Å². The fraction of sp³-hybridized carbons (Fsp3) is 0.600. The monoisotopic (exact) mass is 309 g/mol. The lowest BCUT2D eigenvalue weighted by atomic mass is 9.53. The fourth-order valence-electron chi connectivity index (χ4n) is 6.26. The number of fused-ring (bicyclic) bond motifs is 1. The average molecular weight is 309 g/mol. The van der Waals surface area contributed by atoms with Crippen LogP contribution in [0.4, 0.5) is 0 Å². The van der Waals surface area contributed by atoms with Gasteiger partial charge in [-0.3, -0.25) is 9.59 Å². The summed E-state index contributed by atoms with van der Waals surface area (Å²) in [5, 5.41) is 3.37. The number of ketones is 1. The smallest absolute Gasteiger partial charge is 0.231 e. The molecule has 6 rings (SSSR count). The molecule has 0 aromatic heterocycles. The van der Waals surface area contributed by atoms with Crippen LogP contribution >= 0.6 is 0 Å². The maximum atomic E-state index is 12.9. The number of hydrogen-bond acceptors (Lipinski definition) is 2. The van der Waals surface area contributed by atoms with E-state index in [1.54, 1.807) is 0 Å². The lowest BCUT2D eigenvalue weighted by Gasteiger charge is -2.57. The number of benzene rings is 1. The summed E-state index contributed by atoms with van der Waals surface area (Å²) in [5.74, 6) is 1.91. The van der Waals surface area contributed by atoms with E-state index >= 15 is 0 Å². The van der Waals surface area contributed by atoms with Gasteiger partial charge in [-0.1, -0.05) is 24.3 Å².